The molecule has 0 aliphatic carbocycles. The highest BCUT2D eigenvalue weighted by Gasteiger charge is 2.17. The van der Waals surface area contributed by atoms with E-state index in [0.29, 0.717) is 6.04 Å². The summed E-state index contributed by atoms with van der Waals surface area (Å²) in [7, 11) is 0. The fourth-order valence-electron chi connectivity index (χ4n) is 9.68. The summed E-state index contributed by atoms with van der Waals surface area (Å²) in [5.41, 5.74) is 0. The Bertz CT molecular complexity index is 926. The molecule has 2 nitrogen and oxygen atoms in total. The van der Waals surface area contributed by atoms with Crippen molar-refractivity contribution in [2.45, 2.75) is 329 Å². The van der Waals surface area contributed by atoms with E-state index in [1.807, 2.05) is 0 Å². The van der Waals surface area contributed by atoms with Crippen LogP contribution in [0.3, 0.4) is 0 Å². The summed E-state index contributed by atoms with van der Waals surface area (Å²) in [5, 5.41) is 0. The molecule has 0 aromatic carbocycles. The molecule has 1 aromatic heterocycles. The van der Waals surface area contributed by atoms with Gasteiger partial charge in [-0.3, -0.25) is 0 Å². The van der Waals surface area contributed by atoms with E-state index in [0.717, 1.165) is 12.5 Å². The van der Waals surface area contributed by atoms with Gasteiger partial charge < -0.3 is 12.4 Å². The van der Waals surface area contributed by atoms with E-state index in [-0.39, 0.29) is 12.4 Å². The summed E-state index contributed by atoms with van der Waals surface area (Å²) in [5.74, 6) is 0.976. The summed E-state index contributed by atoms with van der Waals surface area (Å²) in [6.45, 7) is 10.3. The van der Waals surface area contributed by atoms with E-state index in [9.17, 15) is 0 Å². The van der Waals surface area contributed by atoms with Crippen LogP contribution < -0.4 is 17.0 Å². The number of hydrogen-bond donors (Lipinski definition) is 0. The number of nitrogens with zero attached hydrogens (tertiary/aromatic N) is 2. The first-order valence-corrected chi connectivity index (χ1v) is 28.0. The number of allylic oxidation sites excluding steroid dienone is 2. The molecule has 0 saturated carbocycles. The summed E-state index contributed by atoms with van der Waals surface area (Å²) in [6, 6.07) is 0.686. The molecule has 0 radical (unpaired) electrons. The molecule has 356 valence electrons. The molecule has 0 bridgehead atoms. The fourth-order valence-corrected chi connectivity index (χ4v) is 9.68. The number of aromatic nitrogens is 2. The Balaban J connectivity index is 0.0000348. The first kappa shape index (κ1) is 59.2. The van der Waals surface area contributed by atoms with Crippen LogP contribution in [0.1, 0.15) is 323 Å². The quantitative estimate of drug-likeness (QED) is 0.0351. The highest BCUT2D eigenvalue weighted by Crippen LogP contribution is 2.28. The molecule has 0 fully saturated rings. The van der Waals surface area contributed by atoms with Gasteiger partial charge in [0.05, 0.1) is 6.54 Å². The zero-order valence-corrected chi connectivity index (χ0v) is 42.6. The molecule has 0 saturated heterocycles. The Morgan fingerprint density at radius 3 is 0.983 bits per heavy atom. The summed E-state index contributed by atoms with van der Waals surface area (Å²) in [4.78, 5) is 0. The lowest BCUT2D eigenvalue weighted by Crippen LogP contribution is -3.00. The fraction of sp³-hybridized carbons (Fsp3) is 0.912. The minimum Gasteiger partial charge on any atom is -1.00 e. The van der Waals surface area contributed by atoms with Crippen molar-refractivity contribution < 1.29 is 17.0 Å². The van der Waals surface area contributed by atoms with Crippen molar-refractivity contribution in [1.29, 1.82) is 0 Å². The topological polar surface area (TPSA) is 8.81 Å². The van der Waals surface area contributed by atoms with Crippen LogP contribution >= 0.6 is 0 Å². The number of rotatable bonds is 49. The molecule has 0 aliphatic rings. The Morgan fingerprint density at radius 2 is 0.650 bits per heavy atom. The van der Waals surface area contributed by atoms with Crippen LogP contribution in [-0.4, -0.2) is 4.57 Å². The largest absolute Gasteiger partial charge is 1.00 e. The van der Waals surface area contributed by atoms with E-state index in [1.54, 1.807) is 0 Å². The zero-order chi connectivity index (χ0) is 42.4. The van der Waals surface area contributed by atoms with E-state index in [2.05, 4.69) is 67.7 Å². The van der Waals surface area contributed by atoms with Crippen LogP contribution in [0.5, 0.6) is 0 Å². The van der Waals surface area contributed by atoms with E-state index in [4.69, 9.17) is 0 Å². The highest BCUT2D eigenvalue weighted by molar-refractivity contribution is 4.81. The molecule has 0 N–H and O–H groups in total. The van der Waals surface area contributed by atoms with Crippen LogP contribution in [0.25, 0.3) is 0 Å². The Labute approximate surface area is 385 Å². The molecule has 0 spiro atoms. The maximum atomic E-state index is 2.58. The van der Waals surface area contributed by atoms with Crippen LogP contribution in [0.2, 0.25) is 0 Å². The van der Waals surface area contributed by atoms with Gasteiger partial charge >= 0.3 is 0 Å². The van der Waals surface area contributed by atoms with Crippen LogP contribution in [0, 0.1) is 5.92 Å². The van der Waals surface area contributed by atoms with E-state index < -0.39 is 0 Å². The molecule has 3 heteroatoms. The standard InChI is InChI=1S/C57H111N2.ClH/c1-5-9-12-15-18-21-24-27-28-29-30-33-36-39-42-45-51-57(59-54-53-58(8-4)55-59)52-47-46-50-56(48-43-40-37-34-31-25-22-19-16-13-10-6-2)49-44-41-38-35-32-26-23-20-17-14-11-7-3;/h27-28,53-57H,5-26,29-52H2,1-4H3;1H/q+1;/p-1/b28-27-;. The second-order valence-electron chi connectivity index (χ2n) is 19.6. The number of halogens is 1. The van der Waals surface area contributed by atoms with Crippen molar-refractivity contribution in [3.05, 3.63) is 30.9 Å². The summed E-state index contributed by atoms with van der Waals surface area (Å²) in [6.07, 6.45) is 76.7. The predicted octanol–water partition coefficient (Wildman–Crippen LogP) is 17.1. The molecular weight excluding hydrogens is 748 g/mol. The first-order chi connectivity index (χ1) is 29.2. The number of imidazole rings is 1. The molecule has 0 amide bonds. The van der Waals surface area contributed by atoms with Crippen LogP contribution in [-0.2, 0) is 6.54 Å². The first-order valence-electron chi connectivity index (χ1n) is 28.0. The second kappa shape index (κ2) is 49.3. The van der Waals surface area contributed by atoms with Gasteiger partial charge in [-0.1, -0.05) is 270 Å². The molecule has 1 heterocycles. The SMILES string of the molecule is CCCCCCCC/C=C\CCCCCCCCC(CCCCC(CCCCCCCCCCCCCC)CCCCCCCCCCCCCC)n1cc[n+](CC)c1.[Cl-]. The van der Waals surface area contributed by atoms with Gasteiger partial charge in [0.2, 0.25) is 6.33 Å². The monoisotopic (exact) mass is 859 g/mol. The van der Waals surface area contributed by atoms with Gasteiger partial charge in [-0.05, 0) is 64.2 Å². The van der Waals surface area contributed by atoms with Gasteiger partial charge in [-0.2, -0.15) is 0 Å². The maximum Gasteiger partial charge on any atom is 0.243 e. The van der Waals surface area contributed by atoms with Gasteiger partial charge in [-0.25, -0.2) is 9.13 Å². The Morgan fingerprint density at radius 1 is 0.367 bits per heavy atom. The van der Waals surface area contributed by atoms with E-state index >= 15 is 0 Å². The average Bonchev–Trinajstić information content (AvgIpc) is 3.74. The maximum absolute atomic E-state index is 2.58. The van der Waals surface area contributed by atoms with Crippen molar-refractivity contribution >= 4 is 0 Å². The predicted molar refractivity (Wildman–Crippen MR) is 267 cm³/mol. The third-order valence-corrected chi connectivity index (χ3v) is 13.9. The van der Waals surface area contributed by atoms with Crippen LogP contribution in [0.15, 0.2) is 30.9 Å². The molecule has 60 heavy (non-hydrogen) atoms. The number of hydrogen-bond acceptors (Lipinski definition) is 0. The Kier molecular flexibility index (Phi) is 48.6. The Hall–Kier alpha value is -0.760. The van der Waals surface area contributed by atoms with Crippen LogP contribution in [0.4, 0.5) is 0 Å². The van der Waals surface area contributed by atoms with Crippen molar-refractivity contribution in [2.75, 3.05) is 0 Å². The average molecular weight is 860 g/mol. The molecular formula is C57H111ClN2. The molecule has 1 unspecified atom stereocenters. The number of aryl methyl sites for hydroxylation is 1. The highest BCUT2D eigenvalue weighted by atomic mass is 35.5. The van der Waals surface area contributed by atoms with Gasteiger partial charge in [0, 0.05) is 0 Å². The lowest BCUT2D eigenvalue weighted by Gasteiger charge is -2.18. The minimum atomic E-state index is 0. The van der Waals surface area contributed by atoms with Crippen molar-refractivity contribution in [2.24, 2.45) is 5.92 Å². The minimum absolute atomic E-state index is 0. The van der Waals surface area contributed by atoms with Crippen molar-refractivity contribution in [3.8, 4) is 0 Å². The third kappa shape index (κ3) is 40.0. The van der Waals surface area contributed by atoms with Crippen molar-refractivity contribution in [3.63, 3.8) is 0 Å². The second-order valence-corrected chi connectivity index (χ2v) is 19.6. The molecule has 1 rings (SSSR count). The van der Waals surface area contributed by atoms with Gasteiger partial charge in [0.25, 0.3) is 0 Å². The van der Waals surface area contributed by atoms with Gasteiger partial charge in [0.15, 0.2) is 0 Å². The lowest BCUT2D eigenvalue weighted by atomic mass is 9.89. The summed E-state index contributed by atoms with van der Waals surface area (Å²) >= 11 is 0. The smallest absolute Gasteiger partial charge is 0.243 e. The number of unbranched alkanes of at least 4 members (excludes halogenated alkanes) is 35. The molecule has 0 aliphatic heterocycles. The van der Waals surface area contributed by atoms with Gasteiger partial charge in [-0.15, -0.1) is 0 Å². The van der Waals surface area contributed by atoms with Crippen molar-refractivity contribution in [1.82, 2.24) is 4.57 Å². The molecule has 1 atom stereocenters. The lowest BCUT2D eigenvalue weighted by molar-refractivity contribution is -0.693. The van der Waals surface area contributed by atoms with E-state index in [1.165, 1.54) is 289 Å². The molecule has 1 aromatic rings. The van der Waals surface area contributed by atoms with Gasteiger partial charge in [0.1, 0.15) is 18.4 Å². The third-order valence-electron chi connectivity index (χ3n) is 13.9. The normalized spacial score (nSPS) is 12.3. The zero-order valence-electron chi connectivity index (χ0n) is 41.8. The summed E-state index contributed by atoms with van der Waals surface area (Å²) < 4.78 is 4.95.